The lowest BCUT2D eigenvalue weighted by molar-refractivity contribution is -0.125. The number of likely N-dealkylation sites (N-methyl/N-ethyl adjacent to an activating group) is 1. The fraction of sp³-hybridized carbons (Fsp3) is 0.533. The Kier molecular flexibility index (Phi) is 4.43. The van der Waals surface area contributed by atoms with Gasteiger partial charge in [0.15, 0.2) is 0 Å². The Bertz CT molecular complexity index is 445. The van der Waals surface area contributed by atoms with E-state index in [4.69, 9.17) is 0 Å². The summed E-state index contributed by atoms with van der Waals surface area (Å²) in [5.74, 6) is 0.177. The maximum atomic E-state index is 12.2. The Hall–Kier alpha value is -1.55. The molecule has 1 amide bonds. The lowest BCUT2D eigenvalue weighted by Crippen LogP contribution is -2.45. The first-order valence-corrected chi connectivity index (χ1v) is 6.83. The van der Waals surface area contributed by atoms with Crippen molar-refractivity contribution < 1.29 is 4.79 Å². The summed E-state index contributed by atoms with van der Waals surface area (Å²) in [6.07, 6.45) is 0.823. The predicted octanol–water partition coefficient (Wildman–Crippen LogP) is 1.34. The zero-order valence-corrected chi connectivity index (χ0v) is 11.9. The Morgan fingerprint density at radius 1 is 1.47 bits per heavy atom. The molecule has 2 atom stereocenters. The van der Waals surface area contributed by atoms with Crippen molar-refractivity contribution in [2.45, 2.75) is 19.4 Å². The van der Waals surface area contributed by atoms with E-state index in [9.17, 15) is 4.79 Å². The Labute approximate surface area is 115 Å². The molecule has 0 aliphatic carbocycles. The third-order valence-electron chi connectivity index (χ3n) is 3.42. The van der Waals surface area contributed by atoms with Crippen LogP contribution in [0.4, 0.5) is 5.69 Å². The monoisotopic (exact) mass is 261 g/mol. The molecular weight excluding hydrogens is 238 g/mol. The van der Waals surface area contributed by atoms with Crippen molar-refractivity contribution in [3.05, 3.63) is 29.8 Å². The van der Waals surface area contributed by atoms with Crippen LogP contribution in [-0.2, 0) is 11.2 Å². The van der Waals surface area contributed by atoms with E-state index in [1.807, 2.05) is 33.2 Å². The van der Waals surface area contributed by atoms with Crippen LogP contribution in [0, 0.1) is 5.92 Å². The highest BCUT2D eigenvalue weighted by Crippen LogP contribution is 2.24. The van der Waals surface area contributed by atoms with Crippen LogP contribution in [0.2, 0.25) is 0 Å². The summed E-state index contributed by atoms with van der Waals surface area (Å²) >= 11 is 0. The average molecular weight is 261 g/mol. The zero-order valence-electron chi connectivity index (χ0n) is 11.9. The normalized spacial score (nSPS) is 19.5. The summed E-state index contributed by atoms with van der Waals surface area (Å²) in [5, 5.41) is 6.43. The van der Waals surface area contributed by atoms with E-state index in [1.54, 1.807) is 0 Å². The molecule has 1 heterocycles. The topological polar surface area (TPSA) is 44.4 Å². The smallest absolute Gasteiger partial charge is 0.225 e. The van der Waals surface area contributed by atoms with Gasteiger partial charge in [-0.25, -0.2) is 0 Å². The van der Waals surface area contributed by atoms with Gasteiger partial charge in [0.2, 0.25) is 5.91 Å². The molecule has 19 heavy (non-hydrogen) atoms. The van der Waals surface area contributed by atoms with Gasteiger partial charge in [0, 0.05) is 24.8 Å². The first kappa shape index (κ1) is 13.9. The maximum Gasteiger partial charge on any atom is 0.225 e. The molecule has 4 heteroatoms. The second-order valence-corrected chi connectivity index (χ2v) is 5.61. The molecule has 0 saturated carbocycles. The summed E-state index contributed by atoms with van der Waals surface area (Å²) in [4.78, 5) is 14.3. The van der Waals surface area contributed by atoms with Gasteiger partial charge in [-0.2, -0.15) is 0 Å². The highest BCUT2D eigenvalue weighted by atomic mass is 16.2. The molecular formula is C15H23N3O. The molecule has 2 N–H and O–H groups in total. The molecule has 0 aromatic heterocycles. The number of rotatable bonds is 4. The van der Waals surface area contributed by atoms with Gasteiger partial charge >= 0.3 is 0 Å². The number of nitrogens with one attached hydrogen (secondary N) is 2. The number of benzene rings is 1. The number of anilines is 1. The SMILES string of the molecule is CC(CN(C)C)NC(=O)C1CNc2ccccc2C1. The van der Waals surface area contributed by atoms with Gasteiger partial charge in [-0.3, -0.25) is 4.79 Å². The van der Waals surface area contributed by atoms with Crippen LogP contribution < -0.4 is 10.6 Å². The molecule has 2 unspecified atom stereocenters. The summed E-state index contributed by atoms with van der Waals surface area (Å²) < 4.78 is 0. The fourth-order valence-electron chi connectivity index (χ4n) is 2.58. The van der Waals surface area contributed by atoms with Crippen molar-refractivity contribution in [1.82, 2.24) is 10.2 Å². The van der Waals surface area contributed by atoms with Crippen LogP contribution in [0.5, 0.6) is 0 Å². The van der Waals surface area contributed by atoms with Crippen molar-refractivity contribution in [3.8, 4) is 0 Å². The number of para-hydroxylation sites is 1. The van der Waals surface area contributed by atoms with Gasteiger partial charge in [0.1, 0.15) is 0 Å². The van der Waals surface area contributed by atoms with Crippen LogP contribution in [0.3, 0.4) is 0 Å². The third kappa shape index (κ3) is 3.70. The first-order chi connectivity index (χ1) is 9.06. The molecule has 1 aromatic carbocycles. The molecule has 0 saturated heterocycles. The standard InChI is InChI=1S/C15H23N3O/c1-11(10-18(2)3)17-15(19)13-8-12-6-4-5-7-14(12)16-9-13/h4-7,11,13,16H,8-10H2,1-3H3,(H,17,19). The number of carbonyl (C=O) groups is 1. The minimum Gasteiger partial charge on any atom is -0.384 e. The number of hydrogen-bond acceptors (Lipinski definition) is 3. The number of hydrogen-bond donors (Lipinski definition) is 2. The largest absolute Gasteiger partial charge is 0.384 e. The Balaban J connectivity index is 1.92. The molecule has 104 valence electrons. The molecule has 0 fully saturated rings. The quantitative estimate of drug-likeness (QED) is 0.859. The lowest BCUT2D eigenvalue weighted by Gasteiger charge is -2.27. The maximum absolute atomic E-state index is 12.2. The summed E-state index contributed by atoms with van der Waals surface area (Å²) in [5.41, 5.74) is 2.39. The summed E-state index contributed by atoms with van der Waals surface area (Å²) in [7, 11) is 4.03. The van der Waals surface area contributed by atoms with E-state index in [2.05, 4.69) is 27.7 Å². The number of fused-ring (bicyclic) bond motifs is 1. The van der Waals surface area contributed by atoms with Gasteiger partial charge in [-0.15, -0.1) is 0 Å². The van der Waals surface area contributed by atoms with E-state index >= 15 is 0 Å². The minimum atomic E-state index is 0.0273. The van der Waals surface area contributed by atoms with Gasteiger partial charge in [0.25, 0.3) is 0 Å². The van der Waals surface area contributed by atoms with Crippen LogP contribution in [0.25, 0.3) is 0 Å². The molecule has 0 spiro atoms. The molecule has 1 aliphatic rings. The highest BCUT2D eigenvalue weighted by molar-refractivity contribution is 5.81. The van der Waals surface area contributed by atoms with Crippen molar-refractivity contribution in [2.75, 3.05) is 32.5 Å². The molecule has 1 aliphatic heterocycles. The summed E-state index contributed by atoms with van der Waals surface area (Å²) in [6.45, 7) is 3.63. The molecule has 0 bridgehead atoms. The minimum absolute atomic E-state index is 0.0273. The number of carbonyl (C=O) groups excluding carboxylic acids is 1. The van der Waals surface area contributed by atoms with Crippen LogP contribution in [-0.4, -0.2) is 44.0 Å². The third-order valence-corrected chi connectivity index (χ3v) is 3.42. The molecule has 2 rings (SSSR count). The second kappa shape index (κ2) is 6.06. The second-order valence-electron chi connectivity index (χ2n) is 5.61. The van der Waals surface area contributed by atoms with Crippen LogP contribution in [0.1, 0.15) is 12.5 Å². The predicted molar refractivity (Wildman–Crippen MR) is 78.3 cm³/mol. The van der Waals surface area contributed by atoms with Gasteiger partial charge in [-0.1, -0.05) is 18.2 Å². The molecule has 4 nitrogen and oxygen atoms in total. The van der Waals surface area contributed by atoms with E-state index in [-0.39, 0.29) is 17.9 Å². The van der Waals surface area contributed by atoms with Crippen LogP contribution in [0.15, 0.2) is 24.3 Å². The van der Waals surface area contributed by atoms with E-state index in [0.717, 1.165) is 25.2 Å². The highest BCUT2D eigenvalue weighted by Gasteiger charge is 2.24. The van der Waals surface area contributed by atoms with E-state index in [1.165, 1.54) is 5.56 Å². The first-order valence-electron chi connectivity index (χ1n) is 6.83. The van der Waals surface area contributed by atoms with E-state index < -0.39 is 0 Å². The Morgan fingerprint density at radius 3 is 2.95 bits per heavy atom. The van der Waals surface area contributed by atoms with E-state index in [0.29, 0.717) is 0 Å². The molecule has 0 radical (unpaired) electrons. The molecule has 1 aromatic rings. The van der Waals surface area contributed by atoms with Gasteiger partial charge < -0.3 is 15.5 Å². The van der Waals surface area contributed by atoms with Crippen molar-refractivity contribution in [2.24, 2.45) is 5.92 Å². The zero-order chi connectivity index (χ0) is 13.8. The fourth-order valence-corrected chi connectivity index (χ4v) is 2.58. The summed E-state index contributed by atoms with van der Waals surface area (Å²) in [6, 6.07) is 8.38. The number of nitrogens with zero attached hydrogens (tertiary/aromatic N) is 1. The average Bonchev–Trinajstić information content (AvgIpc) is 2.37. The van der Waals surface area contributed by atoms with Crippen molar-refractivity contribution in [1.29, 1.82) is 0 Å². The lowest BCUT2D eigenvalue weighted by atomic mass is 9.93. The van der Waals surface area contributed by atoms with Gasteiger partial charge in [0.05, 0.1) is 5.92 Å². The van der Waals surface area contributed by atoms with Crippen LogP contribution >= 0.6 is 0 Å². The Morgan fingerprint density at radius 2 is 2.21 bits per heavy atom. The van der Waals surface area contributed by atoms with Crippen molar-refractivity contribution >= 4 is 11.6 Å². The van der Waals surface area contributed by atoms with Crippen molar-refractivity contribution in [3.63, 3.8) is 0 Å². The number of amides is 1. The van der Waals surface area contributed by atoms with Gasteiger partial charge in [-0.05, 0) is 39.1 Å².